The summed E-state index contributed by atoms with van der Waals surface area (Å²) >= 11 is 0. The molecule has 1 N–H and O–H groups in total. The van der Waals surface area contributed by atoms with Crippen LogP contribution in [0.25, 0.3) is 0 Å². The molecule has 9 aliphatic rings. The minimum Gasteiger partial charge on any atom is -0.462 e. The van der Waals surface area contributed by atoms with E-state index in [2.05, 4.69) is 102 Å². The number of carbonyl (C=O) groups is 1. The van der Waals surface area contributed by atoms with Crippen LogP contribution in [0.15, 0.2) is 11.6 Å². The highest BCUT2D eigenvalue weighted by atomic mass is 16.5. The van der Waals surface area contributed by atoms with Crippen molar-refractivity contribution in [2.24, 2.45) is 109 Å². The highest BCUT2D eigenvalue weighted by molar-refractivity contribution is 5.78. The van der Waals surface area contributed by atoms with Crippen molar-refractivity contribution in [1.82, 2.24) is 5.32 Å². The van der Waals surface area contributed by atoms with Gasteiger partial charge in [0, 0.05) is 12.5 Å². The molecule has 0 aromatic heterocycles. The first-order valence-electron chi connectivity index (χ1n) is 27.3. The van der Waals surface area contributed by atoms with Crippen LogP contribution in [0.3, 0.4) is 0 Å². The van der Waals surface area contributed by atoms with Crippen molar-refractivity contribution in [3.63, 3.8) is 0 Å². The fourth-order valence-corrected chi connectivity index (χ4v) is 21.3. The van der Waals surface area contributed by atoms with Crippen LogP contribution < -0.4 is 5.32 Å². The second-order valence-electron chi connectivity index (χ2n) is 27.6. The number of rotatable bonds is 9. The van der Waals surface area contributed by atoms with Gasteiger partial charge in [-0.2, -0.15) is 0 Å². The molecule has 0 saturated heterocycles. The minimum atomic E-state index is -0.276. The Hall–Kier alpha value is -0.830. The maximum Gasteiger partial charge on any atom is 0.312 e. The Balaban J connectivity index is 0.909. The maximum absolute atomic E-state index is 15.3. The molecule has 9 aliphatic carbocycles. The highest BCUT2D eigenvalue weighted by Crippen LogP contribution is 2.78. The van der Waals surface area contributed by atoms with Crippen LogP contribution in [0.5, 0.6) is 0 Å². The molecule has 3 nitrogen and oxygen atoms in total. The molecule has 0 amide bonds. The Morgan fingerprint density at radius 1 is 0.705 bits per heavy atom. The van der Waals surface area contributed by atoms with Crippen molar-refractivity contribution < 1.29 is 9.53 Å². The normalized spacial score (nSPS) is 51.5. The third kappa shape index (κ3) is 6.52. The van der Waals surface area contributed by atoms with Crippen molar-refractivity contribution in [3.8, 4) is 0 Å². The van der Waals surface area contributed by atoms with Crippen LogP contribution in [0.1, 0.15) is 218 Å². The summed E-state index contributed by atoms with van der Waals surface area (Å²) in [6.45, 7) is 31.3. The summed E-state index contributed by atoms with van der Waals surface area (Å²) < 4.78 is 7.06. The Kier molecular flexibility index (Phi) is 11.6. The lowest BCUT2D eigenvalue weighted by atomic mass is 9.32. The first-order chi connectivity index (χ1) is 28.7. The van der Waals surface area contributed by atoms with E-state index < -0.39 is 0 Å². The van der Waals surface area contributed by atoms with Crippen LogP contribution in [0.4, 0.5) is 0 Å². The number of hydrogen-bond donors (Lipinski definition) is 1. The number of allylic oxidation sites excluding steroid dienone is 1. The monoisotopic (exact) mass is 840 g/mol. The lowest BCUT2D eigenvalue weighted by molar-refractivity contribution is -0.243. The number of carbonyl (C=O) groups excluding carboxylic acids is 1. The number of fused-ring (bicyclic) bond motifs is 12. The molecule has 3 heteroatoms. The van der Waals surface area contributed by atoms with Crippen molar-refractivity contribution in [2.75, 3.05) is 7.05 Å². The molecule has 0 spiro atoms. The molecule has 8 saturated carbocycles. The molecule has 0 bridgehead atoms. The lowest BCUT2D eigenvalue weighted by Gasteiger charge is -2.73. The van der Waals surface area contributed by atoms with Gasteiger partial charge < -0.3 is 10.1 Å². The van der Waals surface area contributed by atoms with E-state index in [1.807, 2.05) is 0 Å². The van der Waals surface area contributed by atoms with Gasteiger partial charge in [0.25, 0.3) is 0 Å². The SMILES string of the molecule is CNC1CC[C@@]2(C)C(CC[C@]3(C)[C@@H]2CC[C@@H]2C4[C@H](C(C)C)CC[C@]4(C(=O)O[C@H]4CC[C@@]5(C)C(=CC[C@H]6[C@@H]7CC[C@H]([C@H](C)CCCC(C)C)[C@@]7(C)CC[C@@H]65)C4)CC[C@]23C)C1(C)C. The van der Waals surface area contributed by atoms with Crippen molar-refractivity contribution in [1.29, 1.82) is 0 Å². The molecule has 8 fully saturated rings. The third-order valence-corrected chi connectivity index (χ3v) is 24.7. The van der Waals surface area contributed by atoms with E-state index in [1.165, 1.54) is 109 Å². The Labute approximate surface area is 377 Å². The first kappa shape index (κ1) is 45.3. The summed E-state index contributed by atoms with van der Waals surface area (Å²) in [7, 11) is 2.21. The predicted molar refractivity (Wildman–Crippen MR) is 255 cm³/mol. The van der Waals surface area contributed by atoms with E-state index >= 15 is 4.79 Å². The standard InChI is InChI=1S/C58H97NO2/c1-36(2)15-14-16-38(5)43-19-20-44-42-18-17-39-35-40(23-28-53(39,8)45(42)25-29-54(43,44)9)61-51(60)58-32-24-41(37(3)4)50(58)46-21-22-48-55(10)30-27-49(59-13)52(6,7)47(55)26-31-57(48,12)56(46,11)33-34-58/h17,36-38,40-50,59H,14-16,18-35H2,1-13H3/t38-,40+,41+,42+,43-,44+,45+,46-,47?,48-,49?,50?,53+,54-,55+,56-,57-,58+/m1/s1. The van der Waals surface area contributed by atoms with Crippen LogP contribution in [0.2, 0.25) is 0 Å². The predicted octanol–water partition coefficient (Wildman–Crippen LogP) is 15.3. The third-order valence-electron chi connectivity index (χ3n) is 24.7. The van der Waals surface area contributed by atoms with Gasteiger partial charge in [-0.25, -0.2) is 0 Å². The second kappa shape index (κ2) is 15.6. The van der Waals surface area contributed by atoms with Crippen molar-refractivity contribution >= 4 is 5.97 Å². The zero-order valence-electron chi connectivity index (χ0n) is 42.3. The number of hydrogen-bond acceptors (Lipinski definition) is 3. The number of ether oxygens (including phenoxy) is 1. The summed E-state index contributed by atoms with van der Waals surface area (Å²) in [5, 5.41) is 3.76. The van der Waals surface area contributed by atoms with E-state index in [1.54, 1.807) is 5.57 Å². The smallest absolute Gasteiger partial charge is 0.312 e. The summed E-state index contributed by atoms with van der Waals surface area (Å²) in [5.74, 6) is 9.36. The van der Waals surface area contributed by atoms with Gasteiger partial charge in [0.2, 0.25) is 0 Å². The largest absolute Gasteiger partial charge is 0.462 e. The first-order valence-corrected chi connectivity index (χ1v) is 27.3. The summed E-state index contributed by atoms with van der Waals surface area (Å²) in [6, 6.07) is 0.624. The Bertz CT molecular complexity index is 1680. The zero-order valence-corrected chi connectivity index (χ0v) is 42.3. The molecule has 18 atom stereocenters. The van der Waals surface area contributed by atoms with Gasteiger partial charge in [-0.1, -0.05) is 114 Å². The van der Waals surface area contributed by atoms with Gasteiger partial charge in [0.1, 0.15) is 6.10 Å². The van der Waals surface area contributed by atoms with E-state index in [4.69, 9.17) is 4.74 Å². The van der Waals surface area contributed by atoms with Crippen LogP contribution in [-0.4, -0.2) is 25.2 Å². The summed E-state index contributed by atoms with van der Waals surface area (Å²) in [5.41, 5.74) is 3.59. The molecule has 0 radical (unpaired) electrons. The molecule has 0 aromatic carbocycles. The molecule has 0 aliphatic heterocycles. The molecular formula is C58H97NO2. The highest BCUT2D eigenvalue weighted by Gasteiger charge is 2.72. The van der Waals surface area contributed by atoms with E-state index in [-0.39, 0.29) is 22.9 Å². The van der Waals surface area contributed by atoms with E-state index in [9.17, 15) is 0 Å². The van der Waals surface area contributed by atoms with Gasteiger partial charge >= 0.3 is 5.97 Å². The topological polar surface area (TPSA) is 38.3 Å². The quantitative estimate of drug-likeness (QED) is 0.186. The van der Waals surface area contributed by atoms with Crippen molar-refractivity contribution in [2.45, 2.75) is 230 Å². The van der Waals surface area contributed by atoms with Crippen LogP contribution >= 0.6 is 0 Å². The molecule has 9 rings (SSSR count). The fourth-order valence-electron chi connectivity index (χ4n) is 21.3. The molecule has 0 heterocycles. The Morgan fingerprint density at radius 3 is 2.16 bits per heavy atom. The van der Waals surface area contributed by atoms with Gasteiger partial charge in [-0.3, -0.25) is 4.79 Å². The van der Waals surface area contributed by atoms with Gasteiger partial charge in [0.15, 0.2) is 0 Å². The summed E-state index contributed by atoms with van der Waals surface area (Å²) in [6.07, 6.45) is 30.1. The average Bonchev–Trinajstić information content (AvgIpc) is 3.77. The van der Waals surface area contributed by atoms with Crippen LogP contribution in [-0.2, 0) is 9.53 Å². The molecule has 0 aromatic rings. The Morgan fingerprint density at radius 2 is 1.44 bits per heavy atom. The number of esters is 1. The second-order valence-corrected chi connectivity index (χ2v) is 27.6. The summed E-state index contributed by atoms with van der Waals surface area (Å²) in [4.78, 5) is 15.3. The van der Waals surface area contributed by atoms with E-state index in [0.29, 0.717) is 56.8 Å². The van der Waals surface area contributed by atoms with Crippen LogP contribution in [0, 0.1) is 109 Å². The molecule has 346 valence electrons. The minimum absolute atomic E-state index is 0.0702. The van der Waals surface area contributed by atoms with Gasteiger partial charge in [-0.15, -0.1) is 0 Å². The fraction of sp³-hybridized carbons (Fsp3) is 0.948. The average molecular weight is 840 g/mol. The van der Waals surface area contributed by atoms with E-state index in [0.717, 1.165) is 73.0 Å². The maximum atomic E-state index is 15.3. The molecular weight excluding hydrogens is 743 g/mol. The number of nitrogens with one attached hydrogen (secondary N) is 1. The zero-order chi connectivity index (χ0) is 43.7. The molecule has 3 unspecified atom stereocenters. The van der Waals surface area contributed by atoms with Gasteiger partial charge in [-0.05, 0) is 220 Å². The lowest BCUT2D eigenvalue weighted by Crippen LogP contribution is -2.67. The van der Waals surface area contributed by atoms with Gasteiger partial charge in [0.05, 0.1) is 5.41 Å². The molecule has 61 heavy (non-hydrogen) atoms. The van der Waals surface area contributed by atoms with Crippen molar-refractivity contribution in [3.05, 3.63) is 11.6 Å².